The number of hydrogen-bond acceptors (Lipinski definition) is 10. The van der Waals surface area contributed by atoms with E-state index in [9.17, 15) is 24.5 Å². The highest BCUT2D eigenvalue weighted by Gasteiger charge is 2.32. The highest BCUT2D eigenvalue weighted by atomic mass is 32.2. The van der Waals surface area contributed by atoms with Gasteiger partial charge in [-0.25, -0.2) is 4.79 Å². The van der Waals surface area contributed by atoms with Crippen molar-refractivity contribution in [3.05, 3.63) is 69.3 Å². The predicted octanol–water partition coefficient (Wildman–Crippen LogP) is 2.36. The third-order valence-corrected chi connectivity index (χ3v) is 5.58. The number of benzene rings is 2. The topological polar surface area (TPSA) is 170 Å². The molecule has 2 aromatic carbocycles. The fourth-order valence-corrected chi connectivity index (χ4v) is 3.81. The second-order valence-electron chi connectivity index (χ2n) is 6.75. The van der Waals surface area contributed by atoms with E-state index >= 15 is 0 Å². The Hall–Kier alpha value is -4.26. The zero-order valence-electron chi connectivity index (χ0n) is 17.7. The lowest BCUT2D eigenvalue weighted by molar-refractivity contribution is -0.385. The number of carbonyl (C=O) groups excluding carboxylic acids is 2. The van der Waals surface area contributed by atoms with Crippen molar-refractivity contribution in [2.45, 2.75) is 18.3 Å². The molecule has 1 unspecified atom stereocenters. The molecule has 0 radical (unpaired) electrons. The summed E-state index contributed by atoms with van der Waals surface area (Å²) >= 11 is 0.991. The summed E-state index contributed by atoms with van der Waals surface area (Å²) < 4.78 is 10.3. The molecule has 1 aliphatic rings. The van der Waals surface area contributed by atoms with E-state index in [-0.39, 0.29) is 35.0 Å². The third-order valence-electron chi connectivity index (χ3n) is 4.51. The maximum Gasteiger partial charge on any atom is 0.338 e. The van der Waals surface area contributed by atoms with Gasteiger partial charge in [-0.3, -0.25) is 19.7 Å². The van der Waals surface area contributed by atoms with Crippen LogP contribution in [-0.4, -0.2) is 51.6 Å². The summed E-state index contributed by atoms with van der Waals surface area (Å²) in [5.74, 6) is -1.83. The molecule has 1 amide bonds. The lowest BCUT2D eigenvalue weighted by Crippen LogP contribution is -2.26. The number of thioether (sulfide) groups is 1. The molecule has 1 heterocycles. The Kier molecular flexibility index (Phi) is 7.92. The van der Waals surface area contributed by atoms with Crippen molar-refractivity contribution in [1.82, 2.24) is 5.32 Å². The molecule has 0 aliphatic carbocycles. The van der Waals surface area contributed by atoms with Gasteiger partial charge in [-0.15, -0.1) is 5.10 Å². The first-order valence-corrected chi connectivity index (χ1v) is 10.5. The standard InChI is InChI=1S/C21H18N4O8S/c1-32-20(29)14-3-2-4-16(25(30)31)15(14)11-33-13-7-5-12(6-8-13)10-22-24-21-23-19(28)17(34-21)9-18(26)27/h2-8,10,17H,9,11H2,1H3,(H,26,27)(H,23,24,28). The number of ether oxygens (including phenoxy) is 2. The Morgan fingerprint density at radius 2 is 2.00 bits per heavy atom. The minimum atomic E-state index is -1.08. The molecule has 0 spiro atoms. The molecule has 2 N–H and O–H groups in total. The van der Waals surface area contributed by atoms with Crippen LogP contribution < -0.4 is 10.1 Å². The Balaban J connectivity index is 1.64. The first-order valence-electron chi connectivity index (χ1n) is 9.66. The molecule has 34 heavy (non-hydrogen) atoms. The van der Waals surface area contributed by atoms with Crippen LogP contribution in [0.3, 0.4) is 0 Å². The van der Waals surface area contributed by atoms with E-state index < -0.39 is 28.0 Å². The number of carboxylic acids is 1. The summed E-state index contributed by atoms with van der Waals surface area (Å²) in [7, 11) is 1.19. The van der Waals surface area contributed by atoms with Crippen LogP contribution in [0.25, 0.3) is 0 Å². The number of amides is 1. The molecule has 0 bridgehead atoms. The van der Waals surface area contributed by atoms with Gasteiger partial charge in [0.25, 0.3) is 5.69 Å². The van der Waals surface area contributed by atoms with Gasteiger partial charge >= 0.3 is 11.9 Å². The number of nitro groups is 1. The van der Waals surface area contributed by atoms with E-state index in [2.05, 4.69) is 20.3 Å². The van der Waals surface area contributed by atoms with Crippen molar-refractivity contribution in [3.63, 3.8) is 0 Å². The number of nitro benzene ring substituents is 1. The van der Waals surface area contributed by atoms with Crippen molar-refractivity contribution in [2.75, 3.05) is 7.11 Å². The molecule has 12 nitrogen and oxygen atoms in total. The molecular weight excluding hydrogens is 468 g/mol. The van der Waals surface area contributed by atoms with Crippen molar-refractivity contribution >= 4 is 46.7 Å². The highest BCUT2D eigenvalue weighted by molar-refractivity contribution is 8.15. The molecule has 13 heteroatoms. The summed E-state index contributed by atoms with van der Waals surface area (Å²) in [6.45, 7) is -0.225. The quantitative estimate of drug-likeness (QED) is 0.234. The predicted molar refractivity (Wildman–Crippen MR) is 122 cm³/mol. The van der Waals surface area contributed by atoms with Crippen molar-refractivity contribution < 1.29 is 33.9 Å². The first-order chi connectivity index (χ1) is 16.3. The van der Waals surface area contributed by atoms with Crippen LogP contribution >= 0.6 is 11.8 Å². The number of nitrogens with one attached hydrogen (secondary N) is 1. The van der Waals surface area contributed by atoms with Gasteiger partial charge in [0.05, 0.1) is 35.8 Å². The number of carboxylic acid groups (broad SMARTS) is 1. The second-order valence-corrected chi connectivity index (χ2v) is 7.94. The van der Waals surface area contributed by atoms with Crippen LogP contribution in [0.15, 0.2) is 52.7 Å². The highest BCUT2D eigenvalue weighted by Crippen LogP contribution is 2.25. The van der Waals surface area contributed by atoms with Gasteiger partial charge in [-0.2, -0.15) is 5.10 Å². The molecule has 176 valence electrons. The maximum absolute atomic E-state index is 12.0. The first kappa shape index (κ1) is 24.4. The molecule has 2 aromatic rings. The summed E-state index contributed by atoms with van der Waals surface area (Å²) in [5, 5.41) is 29.8. The number of methoxy groups -OCH3 is 1. The van der Waals surface area contributed by atoms with Crippen LogP contribution in [0.4, 0.5) is 5.69 Å². The van der Waals surface area contributed by atoms with Gasteiger partial charge in [0, 0.05) is 6.07 Å². The van der Waals surface area contributed by atoms with Crippen molar-refractivity contribution in [3.8, 4) is 5.75 Å². The number of hydrogen-bond donors (Lipinski definition) is 2. The fraction of sp³-hybridized carbons (Fsp3) is 0.190. The van der Waals surface area contributed by atoms with E-state index in [4.69, 9.17) is 9.84 Å². The number of carbonyl (C=O) groups is 3. The van der Waals surface area contributed by atoms with E-state index in [1.54, 1.807) is 24.3 Å². The summed E-state index contributed by atoms with van der Waals surface area (Å²) in [5.41, 5.74) is 0.530. The largest absolute Gasteiger partial charge is 0.489 e. The van der Waals surface area contributed by atoms with E-state index in [1.165, 1.54) is 31.5 Å². The van der Waals surface area contributed by atoms with Crippen LogP contribution in [0.1, 0.15) is 27.9 Å². The number of aliphatic carboxylic acids is 1. The molecule has 0 aromatic heterocycles. The number of esters is 1. The van der Waals surface area contributed by atoms with E-state index in [1.807, 2.05) is 0 Å². The maximum atomic E-state index is 12.0. The van der Waals surface area contributed by atoms with Crippen molar-refractivity contribution in [2.24, 2.45) is 10.2 Å². The van der Waals surface area contributed by atoms with E-state index in [0.29, 0.717) is 11.3 Å². The number of rotatable bonds is 9. The van der Waals surface area contributed by atoms with Gasteiger partial charge in [0.15, 0.2) is 5.17 Å². The van der Waals surface area contributed by atoms with Crippen LogP contribution in [0.2, 0.25) is 0 Å². The minimum Gasteiger partial charge on any atom is -0.489 e. The van der Waals surface area contributed by atoms with Crippen LogP contribution in [0.5, 0.6) is 5.75 Å². The van der Waals surface area contributed by atoms with Crippen molar-refractivity contribution in [1.29, 1.82) is 0 Å². The lowest BCUT2D eigenvalue weighted by Gasteiger charge is -2.10. The molecule has 1 atom stereocenters. The second kappa shape index (κ2) is 11.0. The van der Waals surface area contributed by atoms with Gasteiger partial charge in [-0.1, -0.05) is 17.8 Å². The summed E-state index contributed by atoms with van der Waals surface area (Å²) in [6, 6.07) is 10.6. The van der Waals surface area contributed by atoms with Gasteiger partial charge in [-0.05, 0) is 35.9 Å². The monoisotopic (exact) mass is 486 g/mol. The molecule has 1 saturated heterocycles. The summed E-state index contributed by atoms with van der Waals surface area (Å²) in [4.78, 5) is 45.1. The van der Waals surface area contributed by atoms with Gasteiger partial charge in [0.1, 0.15) is 17.6 Å². The number of amidine groups is 1. The van der Waals surface area contributed by atoms with Gasteiger partial charge in [0.2, 0.25) is 5.91 Å². The normalized spacial score (nSPS) is 16.4. The van der Waals surface area contributed by atoms with E-state index in [0.717, 1.165) is 11.8 Å². The molecule has 1 fully saturated rings. The smallest absolute Gasteiger partial charge is 0.338 e. The lowest BCUT2D eigenvalue weighted by atomic mass is 10.1. The van der Waals surface area contributed by atoms with Crippen LogP contribution in [0, 0.1) is 10.1 Å². The number of nitrogens with zero attached hydrogens (tertiary/aromatic N) is 3. The van der Waals surface area contributed by atoms with Gasteiger partial charge < -0.3 is 19.9 Å². The average Bonchev–Trinajstić information content (AvgIpc) is 3.15. The average molecular weight is 486 g/mol. The zero-order valence-corrected chi connectivity index (χ0v) is 18.5. The Bertz CT molecular complexity index is 1180. The molecule has 0 saturated carbocycles. The molecule has 3 rings (SSSR count). The van der Waals surface area contributed by atoms with Crippen LogP contribution in [-0.2, 0) is 20.9 Å². The molecule has 1 aliphatic heterocycles. The zero-order chi connectivity index (χ0) is 24.7. The Morgan fingerprint density at radius 1 is 1.26 bits per heavy atom. The summed E-state index contributed by atoms with van der Waals surface area (Å²) in [6.07, 6.45) is 1.11. The Morgan fingerprint density at radius 3 is 2.65 bits per heavy atom. The Labute approximate surface area is 196 Å². The minimum absolute atomic E-state index is 0.0435. The third kappa shape index (κ3) is 6.16. The fourth-order valence-electron chi connectivity index (χ4n) is 2.90. The molecular formula is C21H18N4O8S. The SMILES string of the molecule is COC(=O)c1cccc([N+](=O)[O-])c1COc1ccc(C=NN=C2NC(=O)C(CC(=O)O)S2)cc1.